The summed E-state index contributed by atoms with van der Waals surface area (Å²) in [7, 11) is 0. The molecule has 0 unspecified atom stereocenters. The van der Waals surface area contributed by atoms with E-state index in [4.69, 9.17) is 0 Å². The highest BCUT2D eigenvalue weighted by Crippen LogP contribution is 2.18. The smallest absolute Gasteiger partial charge is 0.317 e. The first-order chi connectivity index (χ1) is 12.1. The van der Waals surface area contributed by atoms with Gasteiger partial charge in [-0.1, -0.05) is 38.5 Å². The van der Waals surface area contributed by atoms with Gasteiger partial charge in [0.15, 0.2) is 0 Å². The second-order valence-corrected chi connectivity index (χ2v) is 8.64. The Hall–Kier alpha value is -2.04. The van der Waals surface area contributed by atoms with Crippen molar-refractivity contribution in [1.29, 1.82) is 0 Å². The predicted molar refractivity (Wildman–Crippen MR) is 105 cm³/mol. The van der Waals surface area contributed by atoms with Crippen molar-refractivity contribution in [1.82, 2.24) is 15.1 Å². The quantitative estimate of drug-likeness (QED) is 0.902. The standard InChI is InChI=1S/C21H33N3O2/c1-15-11-16(2)18(17(3)12-15)13-19(25)23-7-9-24(10-8-23)20(26)22-14-21(4,5)6/h11-12H,7-10,13-14H2,1-6H3,(H,22,26). The molecule has 0 aliphatic carbocycles. The van der Waals surface area contributed by atoms with Gasteiger partial charge in [-0.15, -0.1) is 0 Å². The summed E-state index contributed by atoms with van der Waals surface area (Å²) in [6.45, 7) is 15.5. The van der Waals surface area contributed by atoms with Crippen molar-refractivity contribution in [2.24, 2.45) is 5.41 Å². The van der Waals surface area contributed by atoms with Gasteiger partial charge in [-0.05, 0) is 42.9 Å². The number of rotatable bonds is 3. The van der Waals surface area contributed by atoms with E-state index in [2.05, 4.69) is 59.0 Å². The molecule has 0 aromatic heterocycles. The summed E-state index contributed by atoms with van der Waals surface area (Å²) in [6.07, 6.45) is 0.439. The van der Waals surface area contributed by atoms with E-state index < -0.39 is 0 Å². The molecular formula is C21H33N3O2. The first kappa shape index (κ1) is 20.3. The van der Waals surface area contributed by atoms with Crippen LogP contribution in [-0.2, 0) is 11.2 Å². The number of urea groups is 1. The van der Waals surface area contributed by atoms with Crippen LogP contribution in [0.2, 0.25) is 0 Å². The van der Waals surface area contributed by atoms with Crippen molar-refractivity contribution in [3.8, 4) is 0 Å². The van der Waals surface area contributed by atoms with Crippen molar-refractivity contribution in [3.05, 3.63) is 34.4 Å². The van der Waals surface area contributed by atoms with Crippen molar-refractivity contribution in [3.63, 3.8) is 0 Å². The molecule has 1 fully saturated rings. The number of carbonyl (C=O) groups is 2. The van der Waals surface area contributed by atoms with Crippen LogP contribution in [0, 0.1) is 26.2 Å². The molecule has 0 radical (unpaired) electrons. The number of nitrogens with one attached hydrogen (secondary N) is 1. The van der Waals surface area contributed by atoms with Crippen LogP contribution in [0.25, 0.3) is 0 Å². The van der Waals surface area contributed by atoms with Crippen molar-refractivity contribution < 1.29 is 9.59 Å². The van der Waals surface area contributed by atoms with E-state index in [9.17, 15) is 9.59 Å². The molecule has 1 saturated heterocycles. The molecule has 2 rings (SSSR count). The van der Waals surface area contributed by atoms with Gasteiger partial charge in [0.2, 0.25) is 5.91 Å². The summed E-state index contributed by atoms with van der Waals surface area (Å²) in [5, 5.41) is 2.98. The van der Waals surface area contributed by atoms with Crippen LogP contribution in [-0.4, -0.2) is 54.5 Å². The summed E-state index contributed by atoms with van der Waals surface area (Å²) in [5.41, 5.74) is 4.78. The molecule has 0 spiro atoms. The number of hydrogen-bond donors (Lipinski definition) is 1. The van der Waals surface area contributed by atoms with Gasteiger partial charge in [0.25, 0.3) is 0 Å². The number of benzene rings is 1. The van der Waals surface area contributed by atoms with Gasteiger partial charge < -0.3 is 15.1 Å². The molecule has 0 saturated carbocycles. The summed E-state index contributed by atoms with van der Waals surface area (Å²) < 4.78 is 0. The maximum atomic E-state index is 12.7. The fourth-order valence-corrected chi connectivity index (χ4v) is 3.36. The van der Waals surface area contributed by atoms with Gasteiger partial charge in [-0.25, -0.2) is 4.79 Å². The van der Waals surface area contributed by atoms with Crippen LogP contribution in [0.3, 0.4) is 0 Å². The van der Waals surface area contributed by atoms with Gasteiger partial charge in [-0.3, -0.25) is 4.79 Å². The molecule has 1 aliphatic heterocycles. The fourth-order valence-electron chi connectivity index (χ4n) is 3.36. The minimum absolute atomic E-state index is 0.0303. The number of piperazine rings is 1. The molecule has 5 nitrogen and oxygen atoms in total. The van der Waals surface area contributed by atoms with Gasteiger partial charge >= 0.3 is 6.03 Å². The largest absolute Gasteiger partial charge is 0.339 e. The molecule has 1 aromatic carbocycles. The number of hydrogen-bond acceptors (Lipinski definition) is 2. The van der Waals surface area contributed by atoms with E-state index in [1.54, 1.807) is 4.90 Å². The zero-order chi connectivity index (χ0) is 19.5. The lowest BCUT2D eigenvalue weighted by Crippen LogP contribution is -2.54. The van der Waals surface area contributed by atoms with Gasteiger partial charge in [-0.2, -0.15) is 0 Å². The Morgan fingerprint density at radius 3 is 1.96 bits per heavy atom. The van der Waals surface area contributed by atoms with Gasteiger partial charge in [0.05, 0.1) is 6.42 Å². The molecule has 0 atom stereocenters. The maximum absolute atomic E-state index is 12.7. The highest BCUT2D eigenvalue weighted by atomic mass is 16.2. The third-order valence-electron chi connectivity index (χ3n) is 4.86. The van der Waals surface area contributed by atoms with Crippen LogP contribution >= 0.6 is 0 Å². The van der Waals surface area contributed by atoms with Crippen molar-refractivity contribution in [2.75, 3.05) is 32.7 Å². The van der Waals surface area contributed by atoms with Crippen LogP contribution in [0.5, 0.6) is 0 Å². The molecule has 1 N–H and O–H groups in total. The van der Waals surface area contributed by atoms with E-state index in [0.717, 1.165) is 5.56 Å². The Morgan fingerprint density at radius 2 is 1.46 bits per heavy atom. The lowest BCUT2D eigenvalue weighted by molar-refractivity contribution is -0.131. The van der Waals surface area contributed by atoms with E-state index in [-0.39, 0.29) is 17.4 Å². The Morgan fingerprint density at radius 1 is 0.962 bits per heavy atom. The normalized spacial score (nSPS) is 15.2. The Labute approximate surface area is 157 Å². The Kier molecular flexibility index (Phi) is 6.32. The Bertz CT molecular complexity index is 645. The lowest BCUT2D eigenvalue weighted by Gasteiger charge is -2.35. The van der Waals surface area contributed by atoms with Gasteiger partial charge in [0.1, 0.15) is 0 Å². The first-order valence-corrected chi connectivity index (χ1v) is 9.44. The van der Waals surface area contributed by atoms with Crippen molar-refractivity contribution >= 4 is 11.9 Å². The number of nitrogens with zero attached hydrogens (tertiary/aromatic N) is 2. The summed E-state index contributed by atoms with van der Waals surface area (Å²) in [6, 6.07) is 4.23. The number of carbonyl (C=O) groups excluding carboxylic acids is 2. The zero-order valence-corrected chi connectivity index (χ0v) is 17.1. The molecule has 0 bridgehead atoms. The molecule has 26 heavy (non-hydrogen) atoms. The minimum atomic E-state index is -0.0303. The van der Waals surface area contributed by atoms with Crippen LogP contribution in [0.4, 0.5) is 4.79 Å². The molecular weight excluding hydrogens is 326 g/mol. The molecule has 1 aromatic rings. The summed E-state index contributed by atoms with van der Waals surface area (Å²) in [5.74, 6) is 0.148. The van der Waals surface area contributed by atoms with Crippen molar-refractivity contribution in [2.45, 2.75) is 48.0 Å². The van der Waals surface area contributed by atoms with Gasteiger partial charge in [0, 0.05) is 32.7 Å². The third kappa shape index (κ3) is 5.48. The fraction of sp³-hybridized carbons (Fsp3) is 0.619. The SMILES string of the molecule is Cc1cc(C)c(CC(=O)N2CCN(C(=O)NCC(C)(C)C)CC2)c(C)c1. The molecule has 1 aliphatic rings. The first-order valence-electron chi connectivity index (χ1n) is 9.44. The highest BCUT2D eigenvalue weighted by Gasteiger charge is 2.25. The summed E-state index contributed by atoms with van der Waals surface area (Å²) >= 11 is 0. The van der Waals surface area contributed by atoms with E-state index in [0.29, 0.717) is 39.1 Å². The second-order valence-electron chi connectivity index (χ2n) is 8.64. The zero-order valence-electron chi connectivity index (χ0n) is 17.1. The minimum Gasteiger partial charge on any atom is -0.339 e. The van der Waals surface area contributed by atoms with E-state index in [1.165, 1.54) is 16.7 Å². The topological polar surface area (TPSA) is 52.7 Å². The number of aryl methyl sites for hydroxylation is 3. The Balaban J connectivity index is 1.88. The monoisotopic (exact) mass is 359 g/mol. The van der Waals surface area contributed by atoms with Crippen LogP contribution in [0.15, 0.2) is 12.1 Å². The van der Waals surface area contributed by atoms with Crippen LogP contribution < -0.4 is 5.32 Å². The third-order valence-corrected chi connectivity index (χ3v) is 4.86. The number of amides is 3. The lowest BCUT2D eigenvalue weighted by atomic mass is 9.97. The van der Waals surface area contributed by atoms with E-state index in [1.807, 2.05) is 4.90 Å². The summed E-state index contributed by atoms with van der Waals surface area (Å²) in [4.78, 5) is 28.6. The average molecular weight is 360 g/mol. The highest BCUT2D eigenvalue weighted by molar-refractivity contribution is 5.80. The average Bonchev–Trinajstić information content (AvgIpc) is 2.55. The molecule has 144 valence electrons. The maximum Gasteiger partial charge on any atom is 0.317 e. The van der Waals surface area contributed by atoms with E-state index >= 15 is 0 Å². The molecule has 1 heterocycles. The molecule has 5 heteroatoms. The molecule has 3 amide bonds. The predicted octanol–water partition coefficient (Wildman–Crippen LogP) is 3.05. The van der Waals surface area contributed by atoms with Crippen LogP contribution in [0.1, 0.15) is 43.0 Å². The second kappa shape index (κ2) is 8.11.